The molecular weight excluding hydrogens is 286 g/mol. The Labute approximate surface area is 107 Å². The van der Waals surface area contributed by atoms with Crippen molar-refractivity contribution < 1.29 is 9.63 Å². The van der Waals surface area contributed by atoms with E-state index in [-0.39, 0.29) is 12.1 Å². The molecule has 0 saturated carbocycles. The largest absolute Gasteiger partial charge is 0.390 e. The van der Waals surface area contributed by atoms with Gasteiger partial charge < -0.3 is 15.5 Å². The summed E-state index contributed by atoms with van der Waals surface area (Å²) in [4.78, 5) is 16.6. The summed E-state index contributed by atoms with van der Waals surface area (Å²) in [5.41, 5.74) is 0.759. The van der Waals surface area contributed by atoms with Gasteiger partial charge in [0.25, 0.3) is 0 Å². The number of carbonyl (C=O) groups excluding carboxylic acids is 1. The molecule has 0 bridgehead atoms. The first-order valence-electron chi connectivity index (χ1n) is 5.22. The molecule has 1 aromatic carbocycles. The summed E-state index contributed by atoms with van der Waals surface area (Å²) in [7, 11) is 0. The standard InChI is InChI=1S/C11H12BrN3O2/c12-10-6-9(17-15-10)7-13-11(16)14-8-4-2-1-3-5-8/h1-5,9H,6-7H2,(H2,13,14,16). The number of hydrogen-bond acceptors (Lipinski definition) is 3. The Morgan fingerprint density at radius 2 is 2.24 bits per heavy atom. The zero-order valence-electron chi connectivity index (χ0n) is 9.02. The molecule has 90 valence electrons. The highest BCUT2D eigenvalue weighted by Crippen LogP contribution is 2.13. The third kappa shape index (κ3) is 3.74. The van der Waals surface area contributed by atoms with Crippen molar-refractivity contribution in [2.24, 2.45) is 5.16 Å². The van der Waals surface area contributed by atoms with Crippen molar-refractivity contribution in [2.75, 3.05) is 11.9 Å². The first kappa shape index (κ1) is 11.9. The average molecular weight is 298 g/mol. The molecule has 1 heterocycles. The SMILES string of the molecule is O=C(NCC1CC(Br)=NO1)Nc1ccccc1. The Bertz CT molecular complexity index is 422. The van der Waals surface area contributed by atoms with Gasteiger partial charge in [0.1, 0.15) is 4.62 Å². The van der Waals surface area contributed by atoms with Crippen molar-refractivity contribution in [3.8, 4) is 0 Å². The van der Waals surface area contributed by atoms with E-state index in [2.05, 4.69) is 31.7 Å². The molecule has 1 unspecified atom stereocenters. The minimum atomic E-state index is -0.247. The Morgan fingerprint density at radius 1 is 1.47 bits per heavy atom. The van der Waals surface area contributed by atoms with Crippen LogP contribution in [-0.4, -0.2) is 23.3 Å². The minimum Gasteiger partial charge on any atom is -0.390 e. The van der Waals surface area contributed by atoms with E-state index in [0.717, 1.165) is 10.3 Å². The molecule has 0 fully saturated rings. The average Bonchev–Trinajstić information content (AvgIpc) is 2.74. The number of anilines is 1. The van der Waals surface area contributed by atoms with Gasteiger partial charge in [-0.05, 0) is 28.1 Å². The van der Waals surface area contributed by atoms with Gasteiger partial charge in [0.05, 0.1) is 6.54 Å². The summed E-state index contributed by atoms with van der Waals surface area (Å²) in [6.45, 7) is 0.428. The van der Waals surface area contributed by atoms with Gasteiger partial charge >= 0.3 is 6.03 Å². The quantitative estimate of drug-likeness (QED) is 0.899. The minimum absolute atomic E-state index is 0.0918. The second-order valence-electron chi connectivity index (χ2n) is 3.60. The van der Waals surface area contributed by atoms with Gasteiger partial charge in [-0.1, -0.05) is 23.4 Å². The van der Waals surface area contributed by atoms with E-state index in [4.69, 9.17) is 4.84 Å². The van der Waals surface area contributed by atoms with Gasteiger partial charge in [0.2, 0.25) is 0 Å². The van der Waals surface area contributed by atoms with Crippen LogP contribution < -0.4 is 10.6 Å². The number of benzene rings is 1. The molecule has 2 N–H and O–H groups in total. The summed E-state index contributed by atoms with van der Waals surface area (Å²) in [6.07, 6.45) is 0.594. The van der Waals surface area contributed by atoms with Crippen LogP contribution in [0.2, 0.25) is 0 Å². The fourth-order valence-electron chi connectivity index (χ4n) is 1.41. The summed E-state index contributed by atoms with van der Waals surface area (Å²) in [5.74, 6) is 0. The molecule has 1 aliphatic rings. The predicted molar refractivity (Wildman–Crippen MR) is 69.3 cm³/mol. The highest BCUT2D eigenvalue weighted by Gasteiger charge is 2.19. The molecular formula is C11H12BrN3O2. The predicted octanol–water partition coefficient (Wildman–Crippen LogP) is 2.31. The molecule has 0 radical (unpaired) electrons. The third-order valence-corrected chi connectivity index (χ3v) is 2.69. The number of rotatable bonds is 3. The Morgan fingerprint density at radius 3 is 2.88 bits per heavy atom. The maximum absolute atomic E-state index is 11.5. The van der Waals surface area contributed by atoms with Crippen LogP contribution >= 0.6 is 15.9 Å². The van der Waals surface area contributed by atoms with Crippen molar-refractivity contribution in [2.45, 2.75) is 12.5 Å². The maximum Gasteiger partial charge on any atom is 0.319 e. The van der Waals surface area contributed by atoms with Crippen molar-refractivity contribution in [1.29, 1.82) is 0 Å². The normalized spacial score (nSPS) is 18.2. The van der Waals surface area contributed by atoms with E-state index in [1.807, 2.05) is 30.3 Å². The van der Waals surface area contributed by atoms with Crippen LogP contribution in [0.4, 0.5) is 10.5 Å². The molecule has 5 nitrogen and oxygen atoms in total. The molecule has 0 aliphatic carbocycles. The lowest BCUT2D eigenvalue weighted by Gasteiger charge is -2.10. The molecule has 0 aromatic heterocycles. The third-order valence-electron chi connectivity index (χ3n) is 2.22. The van der Waals surface area contributed by atoms with Gasteiger partial charge in [-0.2, -0.15) is 0 Å². The molecule has 1 aromatic rings. The van der Waals surface area contributed by atoms with Crippen molar-refractivity contribution >= 4 is 32.3 Å². The number of urea groups is 1. The number of nitrogens with zero attached hydrogens (tertiary/aromatic N) is 1. The van der Waals surface area contributed by atoms with E-state index < -0.39 is 0 Å². The fourth-order valence-corrected chi connectivity index (χ4v) is 1.85. The van der Waals surface area contributed by atoms with Crippen molar-refractivity contribution in [3.63, 3.8) is 0 Å². The van der Waals surface area contributed by atoms with Crippen LogP contribution in [0, 0.1) is 0 Å². The smallest absolute Gasteiger partial charge is 0.319 e. The lowest BCUT2D eigenvalue weighted by Crippen LogP contribution is -2.35. The molecule has 0 spiro atoms. The van der Waals surface area contributed by atoms with Gasteiger partial charge in [-0.25, -0.2) is 4.79 Å². The summed E-state index contributed by atoms with van der Waals surface area (Å²) in [5, 5.41) is 9.19. The van der Waals surface area contributed by atoms with Crippen LogP contribution in [0.1, 0.15) is 6.42 Å². The van der Waals surface area contributed by atoms with Crippen LogP contribution in [0.15, 0.2) is 35.5 Å². The summed E-state index contributed by atoms with van der Waals surface area (Å²) < 4.78 is 0.771. The van der Waals surface area contributed by atoms with Crippen molar-refractivity contribution in [1.82, 2.24) is 5.32 Å². The maximum atomic E-state index is 11.5. The monoisotopic (exact) mass is 297 g/mol. The van der Waals surface area contributed by atoms with Crippen LogP contribution in [0.25, 0.3) is 0 Å². The number of hydrogen-bond donors (Lipinski definition) is 2. The van der Waals surface area contributed by atoms with Crippen molar-refractivity contribution in [3.05, 3.63) is 30.3 Å². The number of oxime groups is 1. The second kappa shape index (κ2) is 5.67. The van der Waals surface area contributed by atoms with Crippen LogP contribution in [0.3, 0.4) is 0 Å². The number of para-hydroxylation sites is 1. The Balaban J connectivity index is 1.72. The number of halogens is 1. The first-order chi connectivity index (χ1) is 8.24. The van der Waals surface area contributed by atoms with Gasteiger partial charge in [-0.3, -0.25) is 0 Å². The molecule has 2 amide bonds. The number of carbonyl (C=O) groups is 1. The molecule has 1 aliphatic heterocycles. The highest BCUT2D eigenvalue weighted by molar-refractivity contribution is 9.18. The summed E-state index contributed by atoms with van der Waals surface area (Å²) >= 11 is 3.24. The van der Waals surface area contributed by atoms with E-state index in [9.17, 15) is 4.79 Å². The fraction of sp³-hybridized carbons (Fsp3) is 0.273. The number of nitrogens with one attached hydrogen (secondary N) is 2. The van der Waals surface area contributed by atoms with E-state index in [1.165, 1.54) is 0 Å². The molecule has 0 saturated heterocycles. The molecule has 6 heteroatoms. The summed E-state index contributed by atoms with van der Waals surface area (Å²) in [6, 6.07) is 9.02. The van der Waals surface area contributed by atoms with Crippen LogP contribution in [-0.2, 0) is 4.84 Å². The lowest BCUT2D eigenvalue weighted by atomic mass is 10.3. The van der Waals surface area contributed by atoms with Gasteiger partial charge in [-0.15, -0.1) is 0 Å². The second-order valence-corrected chi connectivity index (χ2v) is 4.52. The van der Waals surface area contributed by atoms with E-state index in [1.54, 1.807) is 0 Å². The lowest BCUT2D eigenvalue weighted by molar-refractivity contribution is 0.0870. The topological polar surface area (TPSA) is 62.7 Å². The Hall–Kier alpha value is -1.56. The zero-order chi connectivity index (χ0) is 12.1. The van der Waals surface area contributed by atoms with Crippen LogP contribution in [0.5, 0.6) is 0 Å². The Kier molecular flexibility index (Phi) is 3.98. The first-order valence-corrected chi connectivity index (χ1v) is 6.01. The zero-order valence-corrected chi connectivity index (χ0v) is 10.6. The van der Waals surface area contributed by atoms with Gasteiger partial charge in [0, 0.05) is 12.1 Å². The van der Waals surface area contributed by atoms with E-state index >= 15 is 0 Å². The number of amides is 2. The molecule has 17 heavy (non-hydrogen) atoms. The van der Waals surface area contributed by atoms with Gasteiger partial charge in [0.15, 0.2) is 6.10 Å². The van der Waals surface area contributed by atoms with E-state index in [0.29, 0.717) is 13.0 Å². The molecule has 2 rings (SSSR count). The highest BCUT2D eigenvalue weighted by atomic mass is 79.9. The molecule has 1 atom stereocenters.